The van der Waals surface area contributed by atoms with Gasteiger partial charge in [0.05, 0.1) is 0 Å². The van der Waals surface area contributed by atoms with Crippen LogP contribution in [-0.2, 0) is 0 Å². The molecule has 3 aromatic rings. The van der Waals surface area contributed by atoms with Crippen LogP contribution in [-0.4, -0.2) is 20.9 Å². The van der Waals surface area contributed by atoms with Crippen LogP contribution in [0.4, 0.5) is 5.69 Å². The molecule has 19 heavy (non-hydrogen) atoms. The third kappa shape index (κ3) is 2.40. The Hall–Kier alpha value is -2.82. The van der Waals surface area contributed by atoms with Crippen LogP contribution in [0.5, 0.6) is 0 Å². The molecule has 1 amide bonds. The Bertz CT molecular complexity index is 654. The third-order valence-corrected chi connectivity index (χ3v) is 2.76. The number of rotatable bonds is 3. The van der Waals surface area contributed by atoms with Crippen molar-refractivity contribution in [1.82, 2.24) is 15.0 Å². The lowest BCUT2D eigenvalue weighted by atomic mass is 10.2. The molecular weight excluding hydrogens is 240 g/mol. The number of carbonyl (C=O) groups is 1. The van der Waals surface area contributed by atoms with Crippen LogP contribution < -0.4 is 5.32 Å². The zero-order valence-electron chi connectivity index (χ0n) is 10.1. The Balaban J connectivity index is 1.75. The van der Waals surface area contributed by atoms with Crippen LogP contribution in [0.1, 0.15) is 10.5 Å². The highest BCUT2D eigenvalue weighted by Gasteiger charge is 2.06. The van der Waals surface area contributed by atoms with Gasteiger partial charge in [-0.15, -0.1) is 0 Å². The summed E-state index contributed by atoms with van der Waals surface area (Å²) in [6.45, 7) is 0. The first-order chi connectivity index (χ1) is 9.33. The largest absolute Gasteiger partial charge is 0.357 e. The van der Waals surface area contributed by atoms with Gasteiger partial charge in [-0.25, -0.2) is 4.98 Å². The van der Waals surface area contributed by atoms with E-state index in [4.69, 9.17) is 0 Å². The van der Waals surface area contributed by atoms with Crippen molar-refractivity contribution in [1.29, 1.82) is 0 Å². The fourth-order valence-corrected chi connectivity index (χ4v) is 1.80. The maximum absolute atomic E-state index is 11.8. The van der Waals surface area contributed by atoms with Gasteiger partial charge in [-0.05, 0) is 36.4 Å². The van der Waals surface area contributed by atoms with Crippen molar-refractivity contribution in [3.8, 4) is 11.4 Å². The fraction of sp³-hybridized carbons (Fsp3) is 0. The Labute approximate surface area is 109 Å². The highest BCUT2D eigenvalue weighted by atomic mass is 16.1. The SMILES string of the molecule is O=C(Nc1ccc(-c2ncc[nH]2)cc1)c1ccc[nH]1. The molecule has 0 aliphatic carbocycles. The number of benzene rings is 1. The lowest BCUT2D eigenvalue weighted by molar-refractivity contribution is 0.102. The normalized spacial score (nSPS) is 10.3. The van der Waals surface area contributed by atoms with E-state index in [0.717, 1.165) is 17.1 Å². The van der Waals surface area contributed by atoms with E-state index in [9.17, 15) is 4.79 Å². The van der Waals surface area contributed by atoms with Gasteiger partial charge in [0, 0.05) is 29.8 Å². The summed E-state index contributed by atoms with van der Waals surface area (Å²) in [7, 11) is 0. The van der Waals surface area contributed by atoms with Crippen LogP contribution in [0.3, 0.4) is 0 Å². The number of hydrogen-bond acceptors (Lipinski definition) is 2. The molecule has 0 aliphatic heterocycles. The molecular formula is C14H12N4O. The average molecular weight is 252 g/mol. The topological polar surface area (TPSA) is 73.6 Å². The molecule has 0 fully saturated rings. The Kier molecular flexibility index (Phi) is 2.86. The highest BCUT2D eigenvalue weighted by molar-refractivity contribution is 6.02. The average Bonchev–Trinajstić information content (AvgIpc) is 3.13. The summed E-state index contributed by atoms with van der Waals surface area (Å²) >= 11 is 0. The summed E-state index contributed by atoms with van der Waals surface area (Å²) in [5.74, 6) is 0.651. The molecule has 0 aliphatic rings. The smallest absolute Gasteiger partial charge is 0.272 e. The summed E-state index contributed by atoms with van der Waals surface area (Å²) in [6, 6.07) is 11.0. The Morgan fingerprint density at radius 1 is 1.05 bits per heavy atom. The van der Waals surface area contributed by atoms with E-state index in [1.165, 1.54) is 0 Å². The van der Waals surface area contributed by atoms with Crippen LogP contribution >= 0.6 is 0 Å². The van der Waals surface area contributed by atoms with Crippen molar-refractivity contribution in [2.45, 2.75) is 0 Å². The standard InChI is InChI=1S/C14H12N4O/c19-14(12-2-1-7-15-12)18-11-5-3-10(4-6-11)13-16-8-9-17-13/h1-9,15H,(H,16,17)(H,18,19). The van der Waals surface area contributed by atoms with Gasteiger partial charge in [-0.2, -0.15) is 0 Å². The molecule has 0 radical (unpaired) electrons. The molecule has 3 N–H and O–H groups in total. The van der Waals surface area contributed by atoms with Gasteiger partial charge in [-0.1, -0.05) is 0 Å². The number of nitrogens with zero attached hydrogens (tertiary/aromatic N) is 1. The minimum atomic E-state index is -0.157. The van der Waals surface area contributed by atoms with E-state index < -0.39 is 0 Å². The second-order valence-electron chi connectivity index (χ2n) is 4.05. The van der Waals surface area contributed by atoms with Crippen LogP contribution in [0.2, 0.25) is 0 Å². The molecule has 3 rings (SSSR count). The highest BCUT2D eigenvalue weighted by Crippen LogP contribution is 2.17. The van der Waals surface area contributed by atoms with Gasteiger partial charge in [0.15, 0.2) is 0 Å². The molecule has 94 valence electrons. The van der Waals surface area contributed by atoms with Gasteiger partial charge in [0.25, 0.3) is 5.91 Å². The monoisotopic (exact) mass is 252 g/mol. The number of H-pyrrole nitrogens is 2. The summed E-state index contributed by atoms with van der Waals surface area (Å²) in [4.78, 5) is 21.9. The van der Waals surface area contributed by atoms with Crippen molar-refractivity contribution >= 4 is 11.6 Å². The zero-order chi connectivity index (χ0) is 13.1. The molecule has 0 spiro atoms. The summed E-state index contributed by atoms with van der Waals surface area (Å²) < 4.78 is 0. The van der Waals surface area contributed by atoms with Crippen molar-refractivity contribution in [2.75, 3.05) is 5.32 Å². The lowest BCUT2D eigenvalue weighted by Gasteiger charge is -2.04. The van der Waals surface area contributed by atoms with Crippen molar-refractivity contribution in [2.24, 2.45) is 0 Å². The van der Waals surface area contributed by atoms with E-state index in [-0.39, 0.29) is 5.91 Å². The summed E-state index contributed by atoms with van der Waals surface area (Å²) in [5.41, 5.74) is 2.26. The molecule has 0 atom stereocenters. The predicted octanol–water partition coefficient (Wildman–Crippen LogP) is 2.66. The van der Waals surface area contributed by atoms with E-state index in [0.29, 0.717) is 5.69 Å². The first-order valence-corrected chi connectivity index (χ1v) is 5.87. The molecule has 2 heterocycles. The lowest BCUT2D eigenvalue weighted by Crippen LogP contribution is -2.11. The first kappa shape index (κ1) is 11.3. The number of nitrogens with one attached hydrogen (secondary N) is 3. The minimum absolute atomic E-state index is 0.157. The van der Waals surface area contributed by atoms with Gasteiger partial charge >= 0.3 is 0 Å². The fourth-order valence-electron chi connectivity index (χ4n) is 1.80. The van der Waals surface area contributed by atoms with Crippen molar-refractivity contribution in [3.05, 3.63) is 60.7 Å². The van der Waals surface area contributed by atoms with E-state index >= 15 is 0 Å². The quantitative estimate of drug-likeness (QED) is 0.670. The number of hydrogen-bond donors (Lipinski definition) is 3. The number of aromatic amines is 2. The number of aromatic nitrogens is 3. The van der Waals surface area contributed by atoms with Crippen LogP contribution in [0, 0.1) is 0 Å². The van der Waals surface area contributed by atoms with Crippen LogP contribution in [0.15, 0.2) is 55.0 Å². The molecule has 5 nitrogen and oxygen atoms in total. The van der Waals surface area contributed by atoms with Gasteiger partial charge < -0.3 is 15.3 Å². The Morgan fingerprint density at radius 2 is 1.89 bits per heavy atom. The Morgan fingerprint density at radius 3 is 2.53 bits per heavy atom. The summed E-state index contributed by atoms with van der Waals surface area (Å²) in [6.07, 6.45) is 5.20. The van der Waals surface area contributed by atoms with Crippen LogP contribution in [0.25, 0.3) is 11.4 Å². The molecule has 0 unspecified atom stereocenters. The number of carbonyl (C=O) groups excluding carboxylic acids is 1. The van der Waals surface area contributed by atoms with Gasteiger partial charge in [-0.3, -0.25) is 4.79 Å². The van der Waals surface area contributed by atoms with Gasteiger partial charge in [0.2, 0.25) is 0 Å². The molecule has 0 saturated carbocycles. The van der Waals surface area contributed by atoms with Crippen molar-refractivity contribution in [3.63, 3.8) is 0 Å². The number of anilines is 1. The summed E-state index contributed by atoms with van der Waals surface area (Å²) in [5, 5.41) is 2.82. The van der Waals surface area contributed by atoms with E-state index in [1.807, 2.05) is 24.3 Å². The molecule has 0 bridgehead atoms. The first-order valence-electron chi connectivity index (χ1n) is 5.87. The minimum Gasteiger partial charge on any atom is -0.357 e. The second kappa shape index (κ2) is 4.81. The molecule has 5 heteroatoms. The second-order valence-corrected chi connectivity index (χ2v) is 4.05. The molecule has 1 aromatic carbocycles. The number of amides is 1. The van der Waals surface area contributed by atoms with E-state index in [2.05, 4.69) is 20.3 Å². The van der Waals surface area contributed by atoms with Gasteiger partial charge in [0.1, 0.15) is 11.5 Å². The number of imidazole rings is 1. The van der Waals surface area contributed by atoms with Crippen molar-refractivity contribution < 1.29 is 4.79 Å². The maximum Gasteiger partial charge on any atom is 0.272 e. The zero-order valence-corrected chi connectivity index (χ0v) is 10.1. The maximum atomic E-state index is 11.8. The molecule has 2 aromatic heterocycles. The third-order valence-electron chi connectivity index (χ3n) is 2.76. The molecule has 0 saturated heterocycles. The predicted molar refractivity (Wildman–Crippen MR) is 72.8 cm³/mol. The van der Waals surface area contributed by atoms with E-state index in [1.54, 1.807) is 30.7 Å².